The van der Waals surface area contributed by atoms with Gasteiger partial charge in [0.05, 0.1) is 9.88 Å². The molecule has 3 aromatic rings. The van der Waals surface area contributed by atoms with Crippen LogP contribution in [-0.2, 0) is 6.54 Å². The van der Waals surface area contributed by atoms with Crippen molar-refractivity contribution in [1.29, 1.82) is 0 Å². The Kier molecular flexibility index (Phi) is 6.82. The molecule has 0 saturated heterocycles. The first-order valence-corrected chi connectivity index (χ1v) is 10.1. The Hall–Kier alpha value is -3.65. The van der Waals surface area contributed by atoms with Crippen molar-refractivity contribution in [3.8, 4) is 0 Å². The largest absolute Gasteiger partial charge is 0.347 e. The topological polar surface area (TPSA) is 90.5 Å². The zero-order valence-electron chi connectivity index (χ0n) is 16.6. The number of carbonyl (C=O) groups excluding carboxylic acids is 3. The maximum atomic E-state index is 12.4. The van der Waals surface area contributed by atoms with Gasteiger partial charge in [-0.2, -0.15) is 0 Å². The Morgan fingerprint density at radius 2 is 1.57 bits per heavy atom. The highest BCUT2D eigenvalue weighted by Gasteiger charge is 2.12. The van der Waals surface area contributed by atoms with Gasteiger partial charge in [-0.25, -0.2) is 4.79 Å². The molecule has 3 rings (SSSR count). The van der Waals surface area contributed by atoms with E-state index >= 15 is 0 Å². The second-order valence-electron chi connectivity index (χ2n) is 6.69. The number of para-hydroxylation sites is 1. The molecule has 0 unspecified atom stereocenters. The summed E-state index contributed by atoms with van der Waals surface area (Å²) in [6, 6.07) is 19.2. The van der Waals surface area contributed by atoms with Gasteiger partial charge in [0.15, 0.2) is 0 Å². The zero-order chi connectivity index (χ0) is 21.5. The number of nitrogens with one attached hydrogen (secondary N) is 3. The molecule has 0 fully saturated rings. The van der Waals surface area contributed by atoms with Crippen molar-refractivity contribution in [3.05, 3.63) is 82.7 Å². The van der Waals surface area contributed by atoms with Crippen LogP contribution < -0.4 is 16.0 Å². The molecule has 154 valence electrons. The van der Waals surface area contributed by atoms with E-state index in [2.05, 4.69) is 16.0 Å². The average Bonchev–Trinajstić information content (AvgIpc) is 3.21. The molecule has 8 heteroatoms. The van der Waals surface area contributed by atoms with E-state index in [1.807, 2.05) is 30.3 Å². The van der Waals surface area contributed by atoms with Crippen molar-refractivity contribution in [3.63, 3.8) is 0 Å². The molecule has 0 saturated carbocycles. The number of nitrogens with zero attached hydrogens (tertiary/aromatic N) is 1. The van der Waals surface area contributed by atoms with Crippen molar-refractivity contribution in [2.75, 3.05) is 24.7 Å². The fourth-order valence-electron chi connectivity index (χ4n) is 2.62. The van der Waals surface area contributed by atoms with Crippen molar-refractivity contribution < 1.29 is 14.4 Å². The van der Waals surface area contributed by atoms with Crippen LogP contribution in [0.5, 0.6) is 0 Å². The molecule has 4 amide bonds. The number of hydrogen-bond acceptors (Lipinski definition) is 4. The molecule has 3 N–H and O–H groups in total. The Morgan fingerprint density at radius 1 is 0.867 bits per heavy atom. The molecule has 30 heavy (non-hydrogen) atoms. The summed E-state index contributed by atoms with van der Waals surface area (Å²) in [5.41, 5.74) is 2.16. The summed E-state index contributed by atoms with van der Waals surface area (Å²) in [4.78, 5) is 38.3. The van der Waals surface area contributed by atoms with Gasteiger partial charge in [-0.1, -0.05) is 30.3 Å². The quantitative estimate of drug-likeness (QED) is 0.560. The maximum absolute atomic E-state index is 12.4. The lowest BCUT2D eigenvalue weighted by atomic mass is 10.1. The monoisotopic (exact) mass is 422 g/mol. The number of anilines is 2. The standard InChI is InChI=1S/C22H22N4O3S/c1-26(2)21(28)16-10-8-15(9-11-16)14-23-20(27)18-12-13-19(30-18)25-22(29)24-17-6-4-3-5-7-17/h3-13H,14H2,1-2H3,(H,23,27)(H2,24,25,29). The van der Waals surface area contributed by atoms with Crippen LogP contribution in [0.2, 0.25) is 0 Å². The predicted octanol–water partition coefficient (Wildman–Crippen LogP) is 4.02. The summed E-state index contributed by atoms with van der Waals surface area (Å²) in [5.74, 6) is -0.300. The fourth-order valence-corrected chi connectivity index (χ4v) is 3.43. The molecule has 0 spiro atoms. The van der Waals surface area contributed by atoms with E-state index in [1.165, 1.54) is 16.2 Å². The third kappa shape index (κ3) is 5.68. The molecule has 0 aliphatic carbocycles. The average molecular weight is 423 g/mol. The van der Waals surface area contributed by atoms with E-state index in [1.54, 1.807) is 50.5 Å². The first-order valence-electron chi connectivity index (χ1n) is 9.24. The molecule has 1 heterocycles. The number of thiophene rings is 1. The lowest BCUT2D eigenvalue weighted by Crippen LogP contribution is -2.23. The van der Waals surface area contributed by atoms with Crippen LogP contribution in [0.3, 0.4) is 0 Å². The van der Waals surface area contributed by atoms with Crippen LogP contribution in [0, 0.1) is 0 Å². The number of benzene rings is 2. The summed E-state index contributed by atoms with van der Waals surface area (Å²) in [6.07, 6.45) is 0. The van der Waals surface area contributed by atoms with Crippen molar-refractivity contribution in [1.82, 2.24) is 10.2 Å². The third-order valence-electron chi connectivity index (χ3n) is 4.16. The second kappa shape index (κ2) is 9.71. The van der Waals surface area contributed by atoms with E-state index in [4.69, 9.17) is 0 Å². The lowest BCUT2D eigenvalue weighted by Gasteiger charge is -2.10. The van der Waals surface area contributed by atoms with E-state index in [9.17, 15) is 14.4 Å². The first-order chi connectivity index (χ1) is 14.4. The Balaban J connectivity index is 1.51. The van der Waals surface area contributed by atoms with Gasteiger partial charge in [0.25, 0.3) is 11.8 Å². The molecular weight excluding hydrogens is 400 g/mol. The Bertz CT molecular complexity index is 1030. The van der Waals surface area contributed by atoms with Gasteiger partial charge >= 0.3 is 6.03 Å². The molecule has 2 aromatic carbocycles. The molecule has 0 radical (unpaired) electrons. The van der Waals surface area contributed by atoms with Crippen LogP contribution in [0.4, 0.5) is 15.5 Å². The minimum atomic E-state index is -0.373. The molecule has 1 aromatic heterocycles. The number of amides is 4. The minimum absolute atomic E-state index is 0.0690. The number of urea groups is 1. The number of carbonyl (C=O) groups is 3. The summed E-state index contributed by atoms with van der Waals surface area (Å²) in [6.45, 7) is 0.338. The van der Waals surface area contributed by atoms with Crippen LogP contribution in [0.15, 0.2) is 66.7 Å². The molecule has 0 bridgehead atoms. The summed E-state index contributed by atoms with van der Waals surface area (Å²) >= 11 is 1.19. The van der Waals surface area contributed by atoms with E-state index in [-0.39, 0.29) is 17.8 Å². The predicted molar refractivity (Wildman–Crippen MR) is 119 cm³/mol. The third-order valence-corrected chi connectivity index (χ3v) is 5.16. The Labute approximate surface area is 178 Å². The molecule has 0 aliphatic rings. The first kappa shape index (κ1) is 21.1. The molecule has 0 atom stereocenters. The highest BCUT2D eigenvalue weighted by atomic mass is 32.1. The van der Waals surface area contributed by atoms with E-state index in [0.29, 0.717) is 27.7 Å². The summed E-state index contributed by atoms with van der Waals surface area (Å²) in [5, 5.41) is 8.85. The summed E-state index contributed by atoms with van der Waals surface area (Å²) < 4.78 is 0. The van der Waals surface area contributed by atoms with E-state index in [0.717, 1.165) is 5.56 Å². The lowest BCUT2D eigenvalue weighted by molar-refractivity contribution is 0.0827. The second-order valence-corrected chi connectivity index (χ2v) is 7.77. The van der Waals surface area contributed by atoms with Crippen LogP contribution in [0.1, 0.15) is 25.6 Å². The fraction of sp³-hybridized carbons (Fsp3) is 0.136. The molecular formula is C22H22N4O3S. The van der Waals surface area contributed by atoms with Crippen molar-refractivity contribution in [2.24, 2.45) is 0 Å². The molecule has 0 aliphatic heterocycles. The minimum Gasteiger partial charge on any atom is -0.347 e. The Morgan fingerprint density at radius 3 is 2.23 bits per heavy atom. The maximum Gasteiger partial charge on any atom is 0.324 e. The number of rotatable bonds is 6. The van der Waals surface area contributed by atoms with Crippen molar-refractivity contribution in [2.45, 2.75) is 6.54 Å². The van der Waals surface area contributed by atoms with Gasteiger partial charge in [0.2, 0.25) is 0 Å². The van der Waals surface area contributed by atoms with Gasteiger partial charge in [-0.15, -0.1) is 11.3 Å². The molecule has 7 nitrogen and oxygen atoms in total. The van der Waals surface area contributed by atoms with Crippen LogP contribution in [0.25, 0.3) is 0 Å². The number of hydrogen-bond donors (Lipinski definition) is 3. The van der Waals surface area contributed by atoms with Crippen LogP contribution in [-0.4, -0.2) is 36.8 Å². The van der Waals surface area contributed by atoms with Crippen molar-refractivity contribution >= 4 is 39.9 Å². The van der Waals surface area contributed by atoms with Crippen LogP contribution >= 0.6 is 11.3 Å². The summed E-state index contributed by atoms with van der Waals surface area (Å²) in [7, 11) is 3.40. The van der Waals surface area contributed by atoms with Gasteiger partial charge in [0.1, 0.15) is 0 Å². The normalized spacial score (nSPS) is 10.2. The van der Waals surface area contributed by atoms with E-state index < -0.39 is 0 Å². The SMILES string of the molecule is CN(C)C(=O)c1ccc(CNC(=O)c2ccc(NC(=O)Nc3ccccc3)s2)cc1. The highest BCUT2D eigenvalue weighted by molar-refractivity contribution is 7.18. The smallest absolute Gasteiger partial charge is 0.324 e. The van der Waals surface area contributed by atoms with Gasteiger partial charge in [-0.05, 0) is 42.0 Å². The van der Waals surface area contributed by atoms with Gasteiger partial charge in [-0.3, -0.25) is 14.9 Å². The zero-order valence-corrected chi connectivity index (χ0v) is 17.5. The van der Waals surface area contributed by atoms with Gasteiger partial charge in [0, 0.05) is 31.9 Å². The highest BCUT2D eigenvalue weighted by Crippen LogP contribution is 2.22. The van der Waals surface area contributed by atoms with Gasteiger partial charge < -0.3 is 15.5 Å².